The van der Waals surface area contributed by atoms with Crippen molar-refractivity contribution in [2.45, 2.75) is 13.0 Å². The number of rotatable bonds is 5. The Bertz CT molecular complexity index is 329. The highest BCUT2D eigenvalue weighted by Gasteiger charge is 2.07. The van der Waals surface area contributed by atoms with Gasteiger partial charge in [0, 0.05) is 6.54 Å². The molecule has 1 rings (SSSR count). The van der Waals surface area contributed by atoms with Crippen molar-refractivity contribution in [1.82, 2.24) is 0 Å². The van der Waals surface area contributed by atoms with E-state index in [0.29, 0.717) is 13.2 Å². The van der Waals surface area contributed by atoms with Crippen LogP contribution in [-0.2, 0) is 6.54 Å². The minimum atomic E-state index is 0.518. The van der Waals surface area contributed by atoms with Gasteiger partial charge in [-0.3, -0.25) is 0 Å². The van der Waals surface area contributed by atoms with Crippen LogP contribution in [0.1, 0.15) is 12.0 Å². The summed E-state index contributed by atoms with van der Waals surface area (Å²) in [4.78, 5) is 0. The fraction of sp³-hybridized carbons (Fsp3) is 0.273. The van der Waals surface area contributed by atoms with Gasteiger partial charge in [-0.1, -0.05) is 6.08 Å². The van der Waals surface area contributed by atoms with Crippen LogP contribution in [0.2, 0.25) is 0 Å². The number of benzene rings is 1. The molecule has 2 N–H and O–H groups in total. The molecule has 0 fully saturated rings. The lowest BCUT2D eigenvalue weighted by molar-refractivity contribution is 0.321. The van der Waals surface area contributed by atoms with Gasteiger partial charge < -0.3 is 10.5 Å². The normalized spacial score (nSPS) is 10.1. The third-order valence-corrected chi connectivity index (χ3v) is 3.04. The number of halogens is 2. The van der Waals surface area contributed by atoms with E-state index in [1.807, 2.05) is 18.2 Å². The molecule has 1 aromatic rings. The summed E-state index contributed by atoms with van der Waals surface area (Å²) in [6, 6.07) is 3.93. The molecule has 0 spiro atoms. The minimum absolute atomic E-state index is 0.518. The maximum absolute atomic E-state index is 5.60. The Morgan fingerprint density at radius 1 is 1.33 bits per heavy atom. The maximum atomic E-state index is 5.60. The summed E-state index contributed by atoms with van der Waals surface area (Å²) in [7, 11) is 0. The van der Waals surface area contributed by atoms with Crippen LogP contribution >= 0.6 is 31.9 Å². The van der Waals surface area contributed by atoms with Crippen molar-refractivity contribution in [1.29, 1.82) is 0 Å². The van der Waals surface area contributed by atoms with E-state index in [4.69, 9.17) is 10.5 Å². The molecule has 0 amide bonds. The van der Waals surface area contributed by atoms with Gasteiger partial charge in [-0.2, -0.15) is 0 Å². The third-order valence-electron chi connectivity index (χ3n) is 1.86. The number of nitrogens with two attached hydrogens (primary N) is 1. The van der Waals surface area contributed by atoms with E-state index in [1.54, 1.807) is 0 Å². The Hall–Kier alpha value is -0.320. The smallest absolute Gasteiger partial charge is 0.147 e. The second-order valence-electron chi connectivity index (χ2n) is 3.02. The van der Waals surface area contributed by atoms with Gasteiger partial charge in [-0.25, -0.2) is 0 Å². The molecule has 2 nitrogen and oxygen atoms in total. The first-order valence-corrected chi connectivity index (χ1v) is 6.19. The largest absolute Gasteiger partial charge is 0.491 e. The molecule has 0 saturated carbocycles. The van der Waals surface area contributed by atoms with Crippen LogP contribution in [0.5, 0.6) is 5.75 Å². The van der Waals surface area contributed by atoms with Crippen molar-refractivity contribution in [3.8, 4) is 5.75 Å². The Kier molecular flexibility index (Phi) is 5.36. The fourth-order valence-corrected chi connectivity index (χ4v) is 2.62. The standard InChI is InChI=1S/C11H13Br2NO/c1-2-3-4-15-11-9(12)5-8(7-14)6-10(11)13/h2,5-6H,1,3-4,7,14H2. The zero-order chi connectivity index (χ0) is 11.3. The molecule has 0 heterocycles. The van der Waals surface area contributed by atoms with E-state index in [-0.39, 0.29) is 0 Å². The van der Waals surface area contributed by atoms with Crippen LogP contribution in [0.15, 0.2) is 33.7 Å². The van der Waals surface area contributed by atoms with Crippen LogP contribution in [0.25, 0.3) is 0 Å². The predicted molar refractivity (Wildman–Crippen MR) is 70.0 cm³/mol. The van der Waals surface area contributed by atoms with Gasteiger partial charge >= 0.3 is 0 Å². The van der Waals surface area contributed by atoms with Crippen LogP contribution < -0.4 is 10.5 Å². The highest BCUT2D eigenvalue weighted by atomic mass is 79.9. The molecule has 0 radical (unpaired) electrons. The van der Waals surface area contributed by atoms with Gasteiger partial charge in [0.1, 0.15) is 5.75 Å². The van der Waals surface area contributed by atoms with E-state index < -0.39 is 0 Å². The minimum Gasteiger partial charge on any atom is -0.491 e. The van der Waals surface area contributed by atoms with Crippen molar-refractivity contribution in [3.63, 3.8) is 0 Å². The molecular weight excluding hydrogens is 322 g/mol. The maximum Gasteiger partial charge on any atom is 0.147 e. The van der Waals surface area contributed by atoms with E-state index in [9.17, 15) is 0 Å². The van der Waals surface area contributed by atoms with Gasteiger partial charge in [0.15, 0.2) is 0 Å². The van der Waals surface area contributed by atoms with Crippen molar-refractivity contribution < 1.29 is 4.74 Å². The summed E-state index contributed by atoms with van der Waals surface area (Å²) < 4.78 is 7.44. The third kappa shape index (κ3) is 3.63. The average Bonchev–Trinajstić information content (AvgIpc) is 2.22. The Morgan fingerprint density at radius 2 is 1.93 bits per heavy atom. The van der Waals surface area contributed by atoms with Crippen molar-refractivity contribution in [2.75, 3.05) is 6.61 Å². The van der Waals surface area contributed by atoms with Gasteiger partial charge in [-0.05, 0) is 56.0 Å². The lowest BCUT2D eigenvalue weighted by atomic mass is 10.2. The number of ether oxygens (including phenoxy) is 1. The molecule has 1 aromatic carbocycles. The highest BCUT2D eigenvalue weighted by Crippen LogP contribution is 2.34. The molecule has 82 valence electrons. The highest BCUT2D eigenvalue weighted by molar-refractivity contribution is 9.11. The van der Waals surface area contributed by atoms with E-state index in [0.717, 1.165) is 26.7 Å². The molecule has 0 aliphatic heterocycles. The number of hydrogen-bond donors (Lipinski definition) is 1. The summed E-state index contributed by atoms with van der Waals surface area (Å²) >= 11 is 6.91. The summed E-state index contributed by atoms with van der Waals surface area (Å²) in [5.74, 6) is 0.814. The molecule has 0 bridgehead atoms. The monoisotopic (exact) mass is 333 g/mol. The van der Waals surface area contributed by atoms with Crippen LogP contribution in [-0.4, -0.2) is 6.61 Å². The van der Waals surface area contributed by atoms with E-state index in [1.165, 1.54) is 0 Å². The molecule has 15 heavy (non-hydrogen) atoms. The Labute approximate surface area is 107 Å². The lowest BCUT2D eigenvalue weighted by Crippen LogP contribution is -2.00. The fourth-order valence-electron chi connectivity index (χ4n) is 1.11. The Balaban J connectivity index is 2.83. The first-order chi connectivity index (χ1) is 7.19. The van der Waals surface area contributed by atoms with Gasteiger partial charge in [0.2, 0.25) is 0 Å². The first-order valence-electron chi connectivity index (χ1n) is 4.60. The first kappa shape index (κ1) is 12.7. The predicted octanol–water partition coefficient (Wildman–Crippen LogP) is 3.63. The quantitative estimate of drug-likeness (QED) is 0.659. The zero-order valence-corrected chi connectivity index (χ0v) is 11.5. The molecule has 0 aliphatic rings. The van der Waals surface area contributed by atoms with Crippen LogP contribution in [0.4, 0.5) is 0 Å². The SMILES string of the molecule is C=CCCOc1c(Br)cc(CN)cc1Br. The van der Waals surface area contributed by atoms with Gasteiger partial charge in [0.05, 0.1) is 15.6 Å². The summed E-state index contributed by atoms with van der Waals surface area (Å²) in [6.45, 7) is 4.79. The lowest BCUT2D eigenvalue weighted by Gasteiger charge is -2.10. The number of hydrogen-bond acceptors (Lipinski definition) is 2. The molecule has 0 unspecified atom stereocenters. The topological polar surface area (TPSA) is 35.2 Å². The molecule has 0 aromatic heterocycles. The van der Waals surface area contributed by atoms with Crippen LogP contribution in [0, 0.1) is 0 Å². The summed E-state index contributed by atoms with van der Waals surface area (Å²) in [5, 5.41) is 0. The van der Waals surface area contributed by atoms with E-state index in [2.05, 4.69) is 38.4 Å². The van der Waals surface area contributed by atoms with Crippen LogP contribution in [0.3, 0.4) is 0 Å². The second-order valence-corrected chi connectivity index (χ2v) is 4.73. The zero-order valence-electron chi connectivity index (χ0n) is 8.30. The summed E-state index contributed by atoms with van der Waals surface area (Å²) in [6.07, 6.45) is 2.66. The van der Waals surface area contributed by atoms with Crippen molar-refractivity contribution >= 4 is 31.9 Å². The molecular formula is C11H13Br2NO. The molecule has 4 heteroatoms. The molecule has 0 atom stereocenters. The molecule has 0 aliphatic carbocycles. The van der Waals surface area contributed by atoms with Crippen molar-refractivity contribution in [2.24, 2.45) is 5.73 Å². The summed E-state index contributed by atoms with van der Waals surface area (Å²) in [5.41, 5.74) is 6.62. The molecule has 0 saturated heterocycles. The Morgan fingerprint density at radius 3 is 2.40 bits per heavy atom. The van der Waals surface area contributed by atoms with E-state index >= 15 is 0 Å². The second kappa shape index (κ2) is 6.30. The van der Waals surface area contributed by atoms with Crippen molar-refractivity contribution in [3.05, 3.63) is 39.3 Å². The average molecular weight is 335 g/mol. The van der Waals surface area contributed by atoms with Gasteiger partial charge in [0.25, 0.3) is 0 Å². The van der Waals surface area contributed by atoms with Gasteiger partial charge in [-0.15, -0.1) is 6.58 Å².